The van der Waals surface area contributed by atoms with Crippen LogP contribution in [0.5, 0.6) is 5.75 Å². The van der Waals surface area contributed by atoms with Gasteiger partial charge in [-0.25, -0.2) is 4.98 Å². The number of rotatable bonds is 5. The number of hydrogen-bond donors (Lipinski definition) is 1. The van der Waals surface area contributed by atoms with Crippen molar-refractivity contribution >= 4 is 42.3 Å². The van der Waals surface area contributed by atoms with E-state index < -0.39 is 0 Å². The molecular formula is C53H46N2OS. The van der Waals surface area contributed by atoms with Crippen LogP contribution in [-0.4, -0.2) is 15.1 Å². The second-order valence-corrected chi connectivity index (χ2v) is 18.4. The zero-order valence-electron chi connectivity index (χ0n) is 33.6. The van der Waals surface area contributed by atoms with Gasteiger partial charge in [0.15, 0.2) is 0 Å². The average Bonchev–Trinajstić information content (AvgIpc) is 3.59. The normalized spacial score (nSPS) is 12.2. The summed E-state index contributed by atoms with van der Waals surface area (Å²) in [6.07, 6.45) is 0. The number of phenolic OH excluding ortho intramolecular Hbond substituents is 1. The first-order valence-electron chi connectivity index (χ1n) is 19.7. The standard InChI is InChI=1S/C53H46N2OS/c1-32-24-38(42-19-13-20-44-43-18-10-11-21-49(43)57-51(42)44)30-46(54-32)34-15-12-16-35(25-34)47-28-37(36-26-39(52(2,3)4)31-40(27-36)53(5,6)7)29-48(55-47)45-23-22-33-14-8-9-17-41(33)50(45)56/h8-31,56H,1-7H3. The summed E-state index contributed by atoms with van der Waals surface area (Å²) >= 11 is 1.85. The van der Waals surface area contributed by atoms with E-state index in [4.69, 9.17) is 9.97 Å². The highest BCUT2D eigenvalue weighted by atomic mass is 32.1. The molecule has 6 aromatic carbocycles. The zero-order chi connectivity index (χ0) is 39.6. The van der Waals surface area contributed by atoms with Crippen molar-refractivity contribution in [2.45, 2.75) is 59.3 Å². The maximum Gasteiger partial charge on any atom is 0.132 e. The Labute approximate surface area is 339 Å². The van der Waals surface area contributed by atoms with E-state index in [0.717, 1.165) is 61.4 Å². The maximum absolute atomic E-state index is 11.7. The summed E-state index contributed by atoms with van der Waals surface area (Å²) in [6, 6.07) is 51.6. The first kappa shape index (κ1) is 36.5. The molecule has 0 aliphatic carbocycles. The number of nitrogens with zero attached hydrogens (tertiary/aromatic N) is 2. The van der Waals surface area contributed by atoms with Crippen LogP contribution in [-0.2, 0) is 10.8 Å². The Bertz CT molecular complexity index is 2980. The Balaban J connectivity index is 1.21. The summed E-state index contributed by atoms with van der Waals surface area (Å²) in [5, 5.41) is 16.1. The molecule has 0 fully saturated rings. The van der Waals surface area contributed by atoms with E-state index in [0.29, 0.717) is 5.56 Å². The van der Waals surface area contributed by atoms with Gasteiger partial charge >= 0.3 is 0 Å². The number of pyridine rings is 2. The van der Waals surface area contributed by atoms with Crippen molar-refractivity contribution in [3.05, 3.63) is 162 Å². The molecule has 0 amide bonds. The summed E-state index contributed by atoms with van der Waals surface area (Å²) in [6.45, 7) is 15.7. The van der Waals surface area contributed by atoms with Gasteiger partial charge in [-0.15, -0.1) is 11.3 Å². The Morgan fingerprint density at radius 3 is 1.79 bits per heavy atom. The predicted molar refractivity (Wildman–Crippen MR) is 243 cm³/mol. The van der Waals surface area contributed by atoms with Crippen LogP contribution in [0.25, 0.3) is 87.0 Å². The third-order valence-corrected chi connectivity index (χ3v) is 12.3. The van der Waals surface area contributed by atoms with Gasteiger partial charge < -0.3 is 5.11 Å². The van der Waals surface area contributed by atoms with Gasteiger partial charge in [-0.3, -0.25) is 4.98 Å². The van der Waals surface area contributed by atoms with Gasteiger partial charge in [-0.2, -0.15) is 0 Å². The molecule has 1 N–H and O–H groups in total. The van der Waals surface area contributed by atoms with Gasteiger partial charge in [-0.1, -0.05) is 145 Å². The smallest absolute Gasteiger partial charge is 0.132 e. The minimum Gasteiger partial charge on any atom is -0.507 e. The summed E-state index contributed by atoms with van der Waals surface area (Å²) in [7, 11) is 0. The van der Waals surface area contributed by atoms with Gasteiger partial charge in [0, 0.05) is 47.9 Å². The highest BCUT2D eigenvalue weighted by Crippen LogP contribution is 2.42. The molecule has 57 heavy (non-hydrogen) atoms. The van der Waals surface area contributed by atoms with Crippen LogP contribution in [0.15, 0.2) is 146 Å². The molecule has 0 atom stereocenters. The maximum atomic E-state index is 11.7. The number of phenols is 1. The fourth-order valence-corrected chi connectivity index (χ4v) is 9.13. The quantitative estimate of drug-likeness (QED) is 0.190. The molecule has 0 radical (unpaired) electrons. The van der Waals surface area contributed by atoms with E-state index in [2.05, 4.69) is 164 Å². The molecule has 3 heterocycles. The lowest BCUT2D eigenvalue weighted by molar-refractivity contribution is 0.483. The third kappa shape index (κ3) is 6.89. The largest absolute Gasteiger partial charge is 0.507 e. The molecule has 3 aromatic heterocycles. The second kappa shape index (κ2) is 13.8. The topological polar surface area (TPSA) is 46.0 Å². The Morgan fingerprint density at radius 2 is 1.05 bits per heavy atom. The van der Waals surface area contributed by atoms with E-state index in [9.17, 15) is 5.11 Å². The summed E-state index contributed by atoms with van der Waals surface area (Å²) in [5.41, 5.74) is 13.2. The van der Waals surface area contributed by atoms with Gasteiger partial charge in [-0.05, 0) is 99.0 Å². The number of aryl methyl sites for hydroxylation is 1. The van der Waals surface area contributed by atoms with E-state index in [1.165, 1.54) is 36.9 Å². The van der Waals surface area contributed by atoms with Gasteiger partial charge in [0.05, 0.1) is 17.1 Å². The molecule has 0 aliphatic rings. The predicted octanol–water partition coefficient (Wildman–Crippen LogP) is 14.9. The number of aromatic hydroxyl groups is 1. The van der Waals surface area contributed by atoms with Crippen molar-refractivity contribution in [3.8, 4) is 61.8 Å². The SMILES string of the molecule is Cc1cc(-c2cccc3c2sc2ccccc23)cc(-c2cccc(-c3cc(-c4cc(C(C)(C)C)cc(C(C)(C)C)c4)cc(-c4ccc5ccccc5c4O)n3)c2)n1. The molecule has 0 saturated carbocycles. The number of thiophene rings is 1. The minimum atomic E-state index is -0.0399. The molecule has 9 rings (SSSR count). The summed E-state index contributed by atoms with van der Waals surface area (Å²) in [4.78, 5) is 10.4. The second-order valence-electron chi connectivity index (χ2n) is 17.4. The van der Waals surface area contributed by atoms with Crippen LogP contribution in [0.4, 0.5) is 0 Å². The highest BCUT2D eigenvalue weighted by molar-refractivity contribution is 7.26. The lowest BCUT2D eigenvalue weighted by Gasteiger charge is -2.26. The third-order valence-electron chi connectivity index (χ3n) is 11.1. The van der Waals surface area contributed by atoms with Gasteiger partial charge in [0.25, 0.3) is 0 Å². The molecule has 0 bridgehead atoms. The van der Waals surface area contributed by atoms with E-state index >= 15 is 0 Å². The molecule has 4 heteroatoms. The minimum absolute atomic E-state index is 0.0399. The number of aromatic nitrogens is 2. The zero-order valence-corrected chi connectivity index (χ0v) is 34.4. The molecule has 9 aromatic rings. The van der Waals surface area contributed by atoms with E-state index in [-0.39, 0.29) is 16.6 Å². The van der Waals surface area contributed by atoms with Crippen molar-refractivity contribution in [1.82, 2.24) is 9.97 Å². The monoisotopic (exact) mass is 758 g/mol. The molecule has 0 unspecified atom stereocenters. The number of fused-ring (bicyclic) bond motifs is 4. The fraction of sp³-hybridized carbons (Fsp3) is 0.170. The van der Waals surface area contributed by atoms with Crippen LogP contribution < -0.4 is 0 Å². The van der Waals surface area contributed by atoms with Crippen LogP contribution in [0.1, 0.15) is 58.4 Å². The molecule has 3 nitrogen and oxygen atoms in total. The van der Waals surface area contributed by atoms with Crippen molar-refractivity contribution in [2.24, 2.45) is 0 Å². The first-order chi connectivity index (χ1) is 27.3. The van der Waals surface area contributed by atoms with Crippen molar-refractivity contribution in [3.63, 3.8) is 0 Å². The number of hydrogen-bond acceptors (Lipinski definition) is 4. The van der Waals surface area contributed by atoms with Crippen LogP contribution >= 0.6 is 11.3 Å². The summed E-state index contributed by atoms with van der Waals surface area (Å²) in [5.74, 6) is 0.237. The van der Waals surface area contributed by atoms with Crippen molar-refractivity contribution in [2.75, 3.05) is 0 Å². The molecule has 280 valence electrons. The van der Waals surface area contributed by atoms with Crippen molar-refractivity contribution in [1.29, 1.82) is 0 Å². The molecule has 0 aliphatic heterocycles. The Morgan fingerprint density at radius 1 is 0.456 bits per heavy atom. The molecule has 0 saturated heterocycles. The van der Waals surface area contributed by atoms with E-state index in [1.54, 1.807) is 0 Å². The van der Waals surface area contributed by atoms with Crippen molar-refractivity contribution < 1.29 is 5.11 Å². The summed E-state index contributed by atoms with van der Waals surface area (Å²) < 4.78 is 2.59. The molecular weight excluding hydrogens is 713 g/mol. The van der Waals surface area contributed by atoms with Crippen LogP contribution in [0.3, 0.4) is 0 Å². The number of benzene rings is 6. The molecule has 0 spiro atoms. The first-order valence-corrected chi connectivity index (χ1v) is 20.5. The highest BCUT2D eigenvalue weighted by Gasteiger charge is 2.22. The van der Waals surface area contributed by atoms with Crippen LogP contribution in [0.2, 0.25) is 0 Å². The van der Waals surface area contributed by atoms with E-state index in [1.807, 2.05) is 41.7 Å². The average molecular weight is 759 g/mol. The Hall–Kier alpha value is -6.10. The fourth-order valence-electron chi connectivity index (χ4n) is 7.89. The van der Waals surface area contributed by atoms with Gasteiger partial charge in [0.1, 0.15) is 5.75 Å². The lowest BCUT2D eigenvalue weighted by Crippen LogP contribution is -2.16. The van der Waals surface area contributed by atoms with Gasteiger partial charge in [0.2, 0.25) is 0 Å². The Kier molecular flexibility index (Phi) is 8.86. The lowest BCUT2D eigenvalue weighted by atomic mass is 9.79. The van der Waals surface area contributed by atoms with Crippen LogP contribution in [0, 0.1) is 6.92 Å².